The molecule has 1 unspecified atom stereocenters. The largest absolute Gasteiger partial charge is 0.385 e. The van der Waals surface area contributed by atoms with Crippen molar-refractivity contribution in [2.45, 2.75) is 32.2 Å². The summed E-state index contributed by atoms with van der Waals surface area (Å²) in [5, 5.41) is 6.72. The van der Waals surface area contributed by atoms with Crippen LogP contribution in [0.4, 0.5) is 0 Å². The molecule has 86 valence electrons. The highest BCUT2D eigenvalue weighted by Gasteiger charge is 2.27. The molecule has 15 heavy (non-hydrogen) atoms. The summed E-state index contributed by atoms with van der Waals surface area (Å²) in [5.74, 6) is 0. The van der Waals surface area contributed by atoms with Crippen LogP contribution in [-0.2, 0) is 10.3 Å². The molecule has 0 aromatic carbocycles. The number of hydrogen-bond acceptors (Lipinski definition) is 4. The van der Waals surface area contributed by atoms with Crippen molar-refractivity contribution in [1.82, 2.24) is 10.3 Å². The van der Waals surface area contributed by atoms with Gasteiger partial charge in [-0.2, -0.15) is 0 Å². The first-order chi connectivity index (χ1) is 7.23. The lowest BCUT2D eigenvalue weighted by Gasteiger charge is -2.28. The van der Waals surface area contributed by atoms with Crippen molar-refractivity contribution in [2.75, 3.05) is 20.3 Å². The number of methoxy groups -OCH3 is 1. The van der Waals surface area contributed by atoms with Crippen molar-refractivity contribution in [3.8, 4) is 0 Å². The first-order valence-corrected chi connectivity index (χ1v) is 6.25. The highest BCUT2D eigenvalue weighted by atomic mass is 32.1. The van der Waals surface area contributed by atoms with E-state index in [2.05, 4.69) is 24.1 Å². The molecule has 0 aliphatic carbocycles. The minimum Gasteiger partial charge on any atom is -0.385 e. The van der Waals surface area contributed by atoms with Crippen LogP contribution in [0.15, 0.2) is 11.6 Å². The Morgan fingerprint density at radius 1 is 1.60 bits per heavy atom. The van der Waals surface area contributed by atoms with Crippen molar-refractivity contribution in [3.05, 3.63) is 16.6 Å². The van der Waals surface area contributed by atoms with E-state index in [1.54, 1.807) is 18.4 Å². The molecule has 0 saturated heterocycles. The molecule has 0 fully saturated rings. The highest BCUT2D eigenvalue weighted by Crippen LogP contribution is 2.26. The van der Waals surface area contributed by atoms with E-state index in [-0.39, 0.29) is 5.54 Å². The van der Waals surface area contributed by atoms with Gasteiger partial charge in [-0.1, -0.05) is 6.92 Å². The standard InChI is InChI=1S/C11H20N2OS/c1-4-6-13-11(2,5-8-14-3)10-12-7-9-15-10/h7,9,13H,4-6,8H2,1-3H3. The van der Waals surface area contributed by atoms with E-state index < -0.39 is 0 Å². The second-order valence-electron chi connectivity index (χ2n) is 3.84. The molecule has 0 aliphatic rings. The maximum Gasteiger partial charge on any atom is 0.112 e. The molecule has 1 aromatic heterocycles. The molecule has 4 heteroatoms. The zero-order valence-corrected chi connectivity index (χ0v) is 10.6. The van der Waals surface area contributed by atoms with Crippen LogP contribution >= 0.6 is 11.3 Å². The number of nitrogens with zero attached hydrogens (tertiary/aromatic N) is 1. The molecule has 0 amide bonds. The summed E-state index contributed by atoms with van der Waals surface area (Å²) in [4.78, 5) is 4.39. The van der Waals surface area contributed by atoms with Gasteiger partial charge >= 0.3 is 0 Å². The molecule has 1 heterocycles. The Bertz CT molecular complexity index is 254. The SMILES string of the molecule is CCCNC(C)(CCOC)c1nccs1. The molecule has 0 bridgehead atoms. The number of hydrogen-bond donors (Lipinski definition) is 1. The highest BCUT2D eigenvalue weighted by molar-refractivity contribution is 7.09. The van der Waals surface area contributed by atoms with E-state index >= 15 is 0 Å². The lowest BCUT2D eigenvalue weighted by molar-refractivity contribution is 0.159. The van der Waals surface area contributed by atoms with Gasteiger partial charge in [0.05, 0.1) is 5.54 Å². The fourth-order valence-corrected chi connectivity index (χ4v) is 2.28. The van der Waals surface area contributed by atoms with Gasteiger partial charge in [0.2, 0.25) is 0 Å². The van der Waals surface area contributed by atoms with Gasteiger partial charge in [0, 0.05) is 25.3 Å². The van der Waals surface area contributed by atoms with E-state index in [1.165, 1.54) is 0 Å². The van der Waals surface area contributed by atoms with Crippen LogP contribution in [0, 0.1) is 0 Å². The van der Waals surface area contributed by atoms with Gasteiger partial charge < -0.3 is 10.1 Å². The van der Waals surface area contributed by atoms with Gasteiger partial charge in [-0.15, -0.1) is 11.3 Å². The van der Waals surface area contributed by atoms with E-state index in [0.29, 0.717) is 0 Å². The molecule has 1 N–H and O–H groups in total. The zero-order valence-electron chi connectivity index (χ0n) is 9.75. The van der Waals surface area contributed by atoms with Crippen LogP contribution in [-0.4, -0.2) is 25.2 Å². The Kier molecular flexibility index (Phi) is 5.22. The van der Waals surface area contributed by atoms with Crippen LogP contribution in [0.3, 0.4) is 0 Å². The normalized spacial score (nSPS) is 15.1. The van der Waals surface area contributed by atoms with E-state index in [4.69, 9.17) is 4.74 Å². The topological polar surface area (TPSA) is 34.1 Å². The summed E-state index contributed by atoms with van der Waals surface area (Å²) in [7, 11) is 1.74. The Morgan fingerprint density at radius 3 is 2.93 bits per heavy atom. The summed E-state index contributed by atoms with van der Waals surface area (Å²) in [5.41, 5.74) is -0.0415. The quantitative estimate of drug-likeness (QED) is 0.778. The van der Waals surface area contributed by atoms with Crippen molar-refractivity contribution in [2.24, 2.45) is 0 Å². The van der Waals surface area contributed by atoms with Crippen LogP contribution in [0.2, 0.25) is 0 Å². The Morgan fingerprint density at radius 2 is 2.40 bits per heavy atom. The lowest BCUT2D eigenvalue weighted by Crippen LogP contribution is -2.40. The Balaban J connectivity index is 2.67. The van der Waals surface area contributed by atoms with Crippen molar-refractivity contribution in [1.29, 1.82) is 0 Å². The fourth-order valence-electron chi connectivity index (χ4n) is 1.47. The minimum absolute atomic E-state index is 0.0415. The van der Waals surface area contributed by atoms with Crippen LogP contribution in [0.25, 0.3) is 0 Å². The monoisotopic (exact) mass is 228 g/mol. The second kappa shape index (κ2) is 6.20. The number of rotatable bonds is 7. The summed E-state index contributed by atoms with van der Waals surface area (Å²) >= 11 is 1.70. The Labute approximate surface area is 95.9 Å². The summed E-state index contributed by atoms with van der Waals surface area (Å²) < 4.78 is 5.15. The smallest absolute Gasteiger partial charge is 0.112 e. The first-order valence-electron chi connectivity index (χ1n) is 5.37. The van der Waals surface area contributed by atoms with Gasteiger partial charge in [-0.05, 0) is 26.3 Å². The average Bonchev–Trinajstić information content (AvgIpc) is 2.77. The summed E-state index contributed by atoms with van der Waals surface area (Å²) in [6.45, 7) is 6.14. The van der Waals surface area contributed by atoms with Gasteiger partial charge in [0.25, 0.3) is 0 Å². The average molecular weight is 228 g/mol. The van der Waals surface area contributed by atoms with Crippen LogP contribution in [0.1, 0.15) is 31.7 Å². The predicted octanol–water partition coefficient (Wildman–Crippen LogP) is 2.39. The molecule has 0 spiro atoms. The van der Waals surface area contributed by atoms with Crippen LogP contribution in [0.5, 0.6) is 0 Å². The lowest BCUT2D eigenvalue weighted by atomic mass is 9.99. The molecule has 0 radical (unpaired) electrons. The maximum absolute atomic E-state index is 5.15. The predicted molar refractivity (Wildman–Crippen MR) is 64.3 cm³/mol. The minimum atomic E-state index is -0.0415. The first kappa shape index (κ1) is 12.6. The number of ether oxygens (including phenoxy) is 1. The summed E-state index contributed by atoms with van der Waals surface area (Å²) in [6, 6.07) is 0. The number of aromatic nitrogens is 1. The second-order valence-corrected chi connectivity index (χ2v) is 4.73. The van der Waals surface area contributed by atoms with Crippen LogP contribution < -0.4 is 5.32 Å². The van der Waals surface area contributed by atoms with E-state index in [9.17, 15) is 0 Å². The van der Waals surface area contributed by atoms with Gasteiger partial charge in [-0.3, -0.25) is 0 Å². The van der Waals surface area contributed by atoms with E-state index in [1.807, 2.05) is 11.6 Å². The number of thiazole rings is 1. The molecule has 1 atom stereocenters. The third kappa shape index (κ3) is 3.55. The Hall–Kier alpha value is -0.450. The zero-order chi connectivity index (χ0) is 11.1. The van der Waals surface area contributed by atoms with Crippen molar-refractivity contribution >= 4 is 11.3 Å². The molecular formula is C11H20N2OS. The fraction of sp³-hybridized carbons (Fsp3) is 0.727. The molecule has 1 aromatic rings. The van der Waals surface area contributed by atoms with E-state index in [0.717, 1.165) is 31.0 Å². The molecule has 3 nitrogen and oxygen atoms in total. The maximum atomic E-state index is 5.15. The molecule has 1 rings (SSSR count). The number of nitrogens with one attached hydrogen (secondary N) is 1. The van der Waals surface area contributed by atoms with Gasteiger partial charge in [-0.25, -0.2) is 4.98 Å². The third-order valence-corrected chi connectivity index (χ3v) is 3.51. The van der Waals surface area contributed by atoms with Gasteiger partial charge in [0.1, 0.15) is 5.01 Å². The molecule has 0 aliphatic heterocycles. The molecular weight excluding hydrogens is 208 g/mol. The van der Waals surface area contributed by atoms with Gasteiger partial charge in [0.15, 0.2) is 0 Å². The third-order valence-electron chi connectivity index (χ3n) is 2.48. The van der Waals surface area contributed by atoms with Crippen molar-refractivity contribution in [3.63, 3.8) is 0 Å². The summed E-state index contributed by atoms with van der Waals surface area (Å²) in [6.07, 6.45) is 3.95. The molecule has 0 saturated carbocycles. The van der Waals surface area contributed by atoms with Crippen molar-refractivity contribution < 1.29 is 4.74 Å².